The highest BCUT2D eigenvalue weighted by molar-refractivity contribution is 5.70. The molecule has 0 radical (unpaired) electrons. The summed E-state index contributed by atoms with van der Waals surface area (Å²) in [5, 5.41) is 11.8. The van der Waals surface area contributed by atoms with Gasteiger partial charge in [-0.3, -0.25) is 9.59 Å². The normalized spacial score (nSPS) is 13.6. The molecule has 494 valence electrons. The zero-order valence-corrected chi connectivity index (χ0v) is 56.3. The second kappa shape index (κ2) is 67.1. The number of carboxylic acids is 1. The molecule has 0 heterocycles. The van der Waals surface area contributed by atoms with Gasteiger partial charge < -0.3 is 33.3 Å². The molecule has 0 N–H and O–H groups in total. The number of carboxylic acid groups (broad SMARTS) is 1. The van der Waals surface area contributed by atoms with Gasteiger partial charge in [-0.25, -0.2) is 0 Å². The number of esters is 2. The Hall–Kier alpha value is -4.83. The van der Waals surface area contributed by atoms with Gasteiger partial charge in [-0.05, 0) is 116 Å². The fourth-order valence-electron chi connectivity index (χ4n) is 9.31. The number of quaternary nitrogens is 1. The molecule has 0 rings (SSSR count). The average molecular weight is 1210 g/mol. The number of hydrogen-bond acceptors (Lipinski definition) is 8. The number of carbonyl (C=O) groups is 3. The van der Waals surface area contributed by atoms with Crippen molar-refractivity contribution in [1.29, 1.82) is 0 Å². The molecule has 2 atom stereocenters. The maximum atomic E-state index is 12.9. The highest BCUT2D eigenvalue weighted by Crippen LogP contribution is 2.16. The number of hydrogen-bond donors (Lipinski definition) is 0. The topological polar surface area (TPSA) is 111 Å². The van der Waals surface area contributed by atoms with Crippen LogP contribution in [0.2, 0.25) is 0 Å². The Morgan fingerprint density at radius 3 is 0.920 bits per heavy atom. The van der Waals surface area contributed by atoms with E-state index in [1.54, 1.807) is 0 Å². The van der Waals surface area contributed by atoms with Gasteiger partial charge >= 0.3 is 11.9 Å². The molecule has 0 bridgehead atoms. The average Bonchev–Trinajstić information content (AvgIpc) is 3.56. The Morgan fingerprint density at radius 2 is 0.621 bits per heavy atom. The van der Waals surface area contributed by atoms with E-state index in [2.05, 4.69) is 160 Å². The van der Waals surface area contributed by atoms with Gasteiger partial charge in [-0.15, -0.1) is 0 Å². The minimum atomic E-state index is -1.63. The standard InChI is InChI=1S/C78H129NO8/c1-6-8-10-12-14-16-18-20-22-24-26-28-30-32-34-36-38-40-42-44-46-48-50-52-54-56-58-60-62-64-66-68-75(80)85-72-74(73-86-78(77(82)83)84-71-70-79(3,4)5)87-76(81)69-67-65-63-61-59-57-55-53-51-49-47-45-43-41-39-37-35-33-31-29-27-25-23-21-19-17-15-13-11-9-7-2/h8-11,14-17,20-23,26-29,32-35,39,41,45,47,74,78H,6-7,12-13,18-19,24-25,30-31,36-38,40,42-44,46,48-73H2,1-5H3/b10-8-,11-9-,16-14-,17-15-,22-20-,23-21-,28-26-,29-27-,34-32-,35-33-,41-39-,47-45-. The lowest BCUT2D eigenvalue weighted by atomic mass is 10.0. The highest BCUT2D eigenvalue weighted by atomic mass is 16.7. The predicted octanol–water partition coefficient (Wildman–Crippen LogP) is 20.6. The van der Waals surface area contributed by atoms with Crippen LogP contribution in [0.5, 0.6) is 0 Å². The summed E-state index contributed by atoms with van der Waals surface area (Å²) in [5.74, 6) is -2.30. The number of carbonyl (C=O) groups excluding carboxylic acids is 3. The summed E-state index contributed by atoms with van der Waals surface area (Å²) in [6, 6.07) is 0. The number of likely N-dealkylation sites (N-methyl/N-ethyl adjacent to an activating group) is 1. The van der Waals surface area contributed by atoms with Crippen molar-refractivity contribution < 1.29 is 42.9 Å². The van der Waals surface area contributed by atoms with Gasteiger partial charge in [-0.1, -0.05) is 288 Å². The first kappa shape index (κ1) is 82.2. The van der Waals surface area contributed by atoms with Gasteiger partial charge in [0.2, 0.25) is 0 Å². The molecule has 0 saturated heterocycles. The zero-order chi connectivity index (χ0) is 63.3. The second-order valence-electron chi connectivity index (χ2n) is 24.1. The van der Waals surface area contributed by atoms with E-state index in [0.717, 1.165) is 122 Å². The van der Waals surface area contributed by atoms with Crippen LogP contribution >= 0.6 is 0 Å². The highest BCUT2D eigenvalue weighted by Gasteiger charge is 2.22. The van der Waals surface area contributed by atoms with E-state index in [0.29, 0.717) is 17.4 Å². The Kier molecular flexibility index (Phi) is 63.4. The van der Waals surface area contributed by atoms with E-state index in [1.165, 1.54) is 116 Å². The molecule has 0 amide bonds. The minimum Gasteiger partial charge on any atom is -0.545 e. The van der Waals surface area contributed by atoms with E-state index < -0.39 is 24.3 Å². The van der Waals surface area contributed by atoms with Crippen LogP contribution in [0, 0.1) is 0 Å². The molecule has 0 fully saturated rings. The molecule has 9 nitrogen and oxygen atoms in total. The third kappa shape index (κ3) is 68.5. The first-order valence-electron chi connectivity index (χ1n) is 35.0. The zero-order valence-electron chi connectivity index (χ0n) is 56.3. The van der Waals surface area contributed by atoms with E-state index in [4.69, 9.17) is 18.9 Å². The predicted molar refractivity (Wildman–Crippen MR) is 370 cm³/mol. The van der Waals surface area contributed by atoms with Gasteiger partial charge in [0.25, 0.3) is 0 Å². The fraction of sp³-hybridized carbons (Fsp3) is 0.654. The molecular weight excluding hydrogens is 1080 g/mol. The molecule has 0 aliphatic rings. The second-order valence-corrected chi connectivity index (χ2v) is 24.1. The van der Waals surface area contributed by atoms with Crippen molar-refractivity contribution in [2.24, 2.45) is 0 Å². The summed E-state index contributed by atoms with van der Waals surface area (Å²) in [6.07, 6.45) is 94.9. The molecule has 0 aliphatic heterocycles. The largest absolute Gasteiger partial charge is 0.545 e. The molecule has 0 aliphatic carbocycles. The molecule has 87 heavy (non-hydrogen) atoms. The molecule has 9 heteroatoms. The first-order chi connectivity index (χ1) is 42.6. The van der Waals surface area contributed by atoms with Crippen molar-refractivity contribution >= 4 is 17.9 Å². The summed E-state index contributed by atoms with van der Waals surface area (Å²) in [6.45, 7) is 4.52. The van der Waals surface area contributed by atoms with E-state index in [1.807, 2.05) is 21.1 Å². The Morgan fingerprint density at radius 1 is 0.345 bits per heavy atom. The van der Waals surface area contributed by atoms with Crippen LogP contribution in [0.4, 0.5) is 0 Å². The summed E-state index contributed by atoms with van der Waals surface area (Å²) in [5.41, 5.74) is 0. The molecule has 0 spiro atoms. The summed E-state index contributed by atoms with van der Waals surface area (Å²) in [4.78, 5) is 37.5. The van der Waals surface area contributed by atoms with E-state index in [9.17, 15) is 19.5 Å². The third-order valence-corrected chi connectivity index (χ3v) is 14.6. The number of allylic oxidation sites excluding steroid dienone is 24. The van der Waals surface area contributed by atoms with Gasteiger partial charge in [0, 0.05) is 12.8 Å². The molecule has 0 aromatic carbocycles. The lowest BCUT2D eigenvalue weighted by Crippen LogP contribution is -2.44. The number of unbranched alkanes of at least 4 members (excludes halogenated alkanes) is 24. The lowest BCUT2D eigenvalue weighted by Gasteiger charge is -2.26. The number of nitrogens with zero attached hydrogens (tertiary/aromatic N) is 1. The molecule has 0 aromatic heterocycles. The first-order valence-corrected chi connectivity index (χ1v) is 35.0. The SMILES string of the molecule is CC/C=C\C/C=C\C/C=C\C/C=C\C/C=C\C/C=C\C/C=C\CCCCCCCCCCCC(=O)OC(COC(=O)CCCCCCCCCCCCCCCCC/C=C\C/C=C\C/C=C\C/C=C\C/C=C\CC)COC(OCC[N+](C)(C)C)C(=O)[O-]. The van der Waals surface area contributed by atoms with E-state index in [-0.39, 0.29) is 38.6 Å². The van der Waals surface area contributed by atoms with Gasteiger partial charge in [0.05, 0.1) is 40.3 Å². The van der Waals surface area contributed by atoms with Crippen LogP contribution in [-0.4, -0.2) is 82.3 Å². The van der Waals surface area contributed by atoms with Crippen molar-refractivity contribution in [1.82, 2.24) is 0 Å². The number of aliphatic carboxylic acids is 1. The molecule has 0 saturated carbocycles. The molecule has 2 unspecified atom stereocenters. The maximum absolute atomic E-state index is 12.9. The molecule has 0 aromatic rings. The van der Waals surface area contributed by atoms with Gasteiger partial charge in [0.15, 0.2) is 12.4 Å². The summed E-state index contributed by atoms with van der Waals surface area (Å²) >= 11 is 0. The monoisotopic (exact) mass is 1210 g/mol. The van der Waals surface area contributed by atoms with Crippen LogP contribution in [0.15, 0.2) is 146 Å². The van der Waals surface area contributed by atoms with Gasteiger partial charge in [-0.2, -0.15) is 0 Å². The summed E-state index contributed by atoms with van der Waals surface area (Å²) in [7, 11) is 5.92. The van der Waals surface area contributed by atoms with Crippen LogP contribution < -0.4 is 5.11 Å². The Balaban J connectivity index is 4.17. The van der Waals surface area contributed by atoms with Crippen molar-refractivity contribution in [3.8, 4) is 0 Å². The minimum absolute atomic E-state index is 0.140. The lowest BCUT2D eigenvalue weighted by molar-refractivity contribution is -0.870. The van der Waals surface area contributed by atoms with Crippen molar-refractivity contribution in [3.63, 3.8) is 0 Å². The van der Waals surface area contributed by atoms with Crippen molar-refractivity contribution in [2.75, 3.05) is 47.5 Å². The number of ether oxygens (including phenoxy) is 4. The Bertz CT molecular complexity index is 1940. The maximum Gasteiger partial charge on any atom is 0.306 e. The van der Waals surface area contributed by atoms with Crippen molar-refractivity contribution in [2.45, 2.75) is 283 Å². The summed E-state index contributed by atoms with van der Waals surface area (Å²) < 4.78 is 22.8. The smallest absolute Gasteiger partial charge is 0.306 e. The van der Waals surface area contributed by atoms with Crippen molar-refractivity contribution in [3.05, 3.63) is 146 Å². The quantitative estimate of drug-likeness (QED) is 0.0195. The number of rotatable bonds is 63. The fourth-order valence-corrected chi connectivity index (χ4v) is 9.31. The van der Waals surface area contributed by atoms with Crippen LogP contribution in [-0.2, 0) is 33.3 Å². The van der Waals surface area contributed by atoms with Gasteiger partial charge in [0.1, 0.15) is 13.2 Å². The molecular formula is C78H129NO8. The van der Waals surface area contributed by atoms with Crippen LogP contribution in [0.3, 0.4) is 0 Å². The van der Waals surface area contributed by atoms with Crippen LogP contribution in [0.25, 0.3) is 0 Å². The third-order valence-electron chi connectivity index (χ3n) is 14.6. The van der Waals surface area contributed by atoms with Crippen LogP contribution in [0.1, 0.15) is 271 Å². The van der Waals surface area contributed by atoms with E-state index >= 15 is 0 Å². The Labute approximate surface area is 534 Å².